The highest BCUT2D eigenvalue weighted by molar-refractivity contribution is 7.05. The molecule has 0 aromatic carbocycles. The maximum absolute atomic E-state index is 5.71. The van der Waals surface area contributed by atoms with Crippen LogP contribution in [0.5, 0.6) is 0 Å². The van der Waals surface area contributed by atoms with Gasteiger partial charge in [0, 0.05) is 19.6 Å². The maximum Gasteiger partial charge on any atom is 0.234 e. The van der Waals surface area contributed by atoms with Crippen molar-refractivity contribution < 1.29 is 9.47 Å². The van der Waals surface area contributed by atoms with E-state index in [1.54, 1.807) is 0 Å². The fraction of sp³-hybridized carbons (Fsp3) is 0.750. The van der Waals surface area contributed by atoms with Gasteiger partial charge in [-0.25, -0.2) is 4.98 Å². The van der Waals surface area contributed by atoms with E-state index in [0.29, 0.717) is 19.8 Å². The monoisotopic (exact) mass is 234 g/mol. The van der Waals surface area contributed by atoms with Gasteiger partial charge in [-0.15, -0.1) is 0 Å². The molecule has 1 saturated heterocycles. The van der Waals surface area contributed by atoms with Gasteiger partial charge in [0.05, 0.1) is 6.61 Å². The molecule has 0 bridgehead atoms. The smallest absolute Gasteiger partial charge is 0.234 e. The molecule has 1 aromatic rings. The molecule has 0 radical (unpaired) electrons. The Morgan fingerprint density at radius 2 is 2.57 bits per heavy atom. The molecule has 0 saturated carbocycles. The van der Waals surface area contributed by atoms with E-state index < -0.39 is 5.60 Å². The highest BCUT2D eigenvalue weighted by Crippen LogP contribution is 2.35. The Bertz CT molecular complexity index is 312. The highest BCUT2D eigenvalue weighted by atomic mass is 35.5. The normalized spacial score (nSPS) is 27.0. The predicted molar refractivity (Wildman–Crippen MR) is 53.7 cm³/mol. The first kappa shape index (κ1) is 10.3. The average molecular weight is 235 g/mol. The molecule has 0 spiro atoms. The van der Waals surface area contributed by atoms with E-state index in [4.69, 9.17) is 21.1 Å². The molecule has 1 atom stereocenters. The molecule has 1 fully saturated rings. The molecular formula is C8H11ClN2O2S. The lowest BCUT2D eigenvalue weighted by molar-refractivity contribution is -0.0483. The molecule has 0 amide bonds. The number of hydrogen-bond donors (Lipinski definition) is 0. The minimum atomic E-state index is -0.403. The minimum Gasteiger partial charge on any atom is -0.378 e. The van der Waals surface area contributed by atoms with Crippen LogP contribution in [0.4, 0.5) is 0 Å². The van der Waals surface area contributed by atoms with E-state index in [2.05, 4.69) is 9.36 Å². The summed E-state index contributed by atoms with van der Waals surface area (Å²) >= 11 is 6.98. The quantitative estimate of drug-likeness (QED) is 0.801. The van der Waals surface area contributed by atoms with Crippen molar-refractivity contribution in [3.63, 3.8) is 0 Å². The van der Waals surface area contributed by atoms with Crippen LogP contribution in [0.15, 0.2) is 0 Å². The first-order valence-corrected chi connectivity index (χ1v) is 5.63. The van der Waals surface area contributed by atoms with Crippen LogP contribution in [0.2, 0.25) is 5.28 Å². The van der Waals surface area contributed by atoms with E-state index in [1.165, 1.54) is 11.5 Å². The summed E-state index contributed by atoms with van der Waals surface area (Å²) in [6, 6.07) is 0. The molecule has 6 heteroatoms. The molecule has 1 aliphatic heterocycles. The van der Waals surface area contributed by atoms with Crippen molar-refractivity contribution in [2.45, 2.75) is 18.9 Å². The highest BCUT2D eigenvalue weighted by Gasteiger charge is 2.40. The number of aromatic nitrogens is 2. The van der Waals surface area contributed by atoms with Gasteiger partial charge in [0.1, 0.15) is 10.6 Å². The molecule has 1 unspecified atom stereocenters. The summed E-state index contributed by atoms with van der Waals surface area (Å²) < 4.78 is 15.0. The first-order chi connectivity index (χ1) is 6.77. The van der Waals surface area contributed by atoms with Crippen LogP contribution >= 0.6 is 23.1 Å². The summed E-state index contributed by atoms with van der Waals surface area (Å²) in [6.07, 6.45) is 0.826. The van der Waals surface area contributed by atoms with E-state index in [9.17, 15) is 0 Å². The molecule has 1 aromatic heterocycles. The lowest BCUT2D eigenvalue weighted by atomic mass is 10.0. The molecule has 2 heterocycles. The fourth-order valence-electron chi connectivity index (χ4n) is 1.56. The second-order valence-electron chi connectivity index (χ2n) is 3.10. The van der Waals surface area contributed by atoms with Crippen LogP contribution < -0.4 is 0 Å². The molecule has 14 heavy (non-hydrogen) atoms. The second kappa shape index (κ2) is 4.10. The topological polar surface area (TPSA) is 44.2 Å². The van der Waals surface area contributed by atoms with Gasteiger partial charge in [-0.1, -0.05) is 0 Å². The van der Waals surface area contributed by atoms with Crippen molar-refractivity contribution >= 4 is 23.1 Å². The van der Waals surface area contributed by atoms with Gasteiger partial charge >= 0.3 is 0 Å². The lowest BCUT2D eigenvalue weighted by Gasteiger charge is -2.23. The first-order valence-electron chi connectivity index (χ1n) is 4.48. The van der Waals surface area contributed by atoms with E-state index >= 15 is 0 Å². The Morgan fingerprint density at radius 3 is 3.07 bits per heavy atom. The number of ether oxygens (including phenoxy) is 2. The Morgan fingerprint density at radius 1 is 1.71 bits per heavy atom. The average Bonchev–Trinajstić information content (AvgIpc) is 2.75. The summed E-state index contributed by atoms with van der Waals surface area (Å²) in [4.78, 5) is 4.15. The summed E-state index contributed by atoms with van der Waals surface area (Å²) in [5, 5.41) is 1.11. The van der Waals surface area contributed by atoms with Gasteiger partial charge in [0.15, 0.2) is 0 Å². The van der Waals surface area contributed by atoms with Crippen LogP contribution in [0, 0.1) is 0 Å². The lowest BCUT2D eigenvalue weighted by Crippen LogP contribution is -2.30. The molecule has 78 valence electrons. The van der Waals surface area contributed by atoms with Gasteiger partial charge in [-0.2, -0.15) is 4.37 Å². The van der Waals surface area contributed by atoms with Crippen molar-refractivity contribution in [1.29, 1.82) is 0 Å². The van der Waals surface area contributed by atoms with Crippen LogP contribution in [0.25, 0.3) is 0 Å². The third-order valence-corrected chi connectivity index (χ3v) is 3.37. The number of nitrogens with zero attached hydrogens (tertiary/aromatic N) is 2. The van der Waals surface area contributed by atoms with Crippen molar-refractivity contribution in [3.8, 4) is 0 Å². The second-order valence-corrected chi connectivity index (χ2v) is 4.19. The molecule has 2 rings (SSSR count). The van der Waals surface area contributed by atoms with Gasteiger partial charge < -0.3 is 9.47 Å². The molecule has 4 nitrogen and oxygen atoms in total. The zero-order valence-corrected chi connectivity index (χ0v) is 9.40. The Balaban J connectivity index is 2.26. The van der Waals surface area contributed by atoms with Crippen molar-refractivity contribution in [2.24, 2.45) is 0 Å². The summed E-state index contributed by atoms with van der Waals surface area (Å²) in [5.74, 6) is 0. The van der Waals surface area contributed by atoms with Crippen molar-refractivity contribution in [2.75, 3.05) is 19.8 Å². The molecule has 0 aliphatic carbocycles. The largest absolute Gasteiger partial charge is 0.378 e. The standard InChI is InChI=1S/C8H11ClN2O2S/c1-2-13-8(3-4-12-5-8)6-10-7(9)11-14-6/h2-5H2,1H3. The maximum atomic E-state index is 5.71. The number of halogens is 1. The van der Waals surface area contributed by atoms with Crippen LogP contribution in [0.3, 0.4) is 0 Å². The van der Waals surface area contributed by atoms with E-state index in [0.717, 1.165) is 11.4 Å². The van der Waals surface area contributed by atoms with E-state index in [1.807, 2.05) is 6.92 Å². The number of hydrogen-bond acceptors (Lipinski definition) is 5. The Hall–Kier alpha value is -0.230. The molecule has 1 aliphatic rings. The minimum absolute atomic E-state index is 0.288. The third-order valence-electron chi connectivity index (χ3n) is 2.20. The predicted octanol–water partition coefficient (Wildman–Crippen LogP) is 1.84. The van der Waals surface area contributed by atoms with Crippen molar-refractivity contribution in [1.82, 2.24) is 9.36 Å². The number of rotatable bonds is 3. The Labute approximate surface area is 91.4 Å². The summed E-state index contributed by atoms with van der Waals surface area (Å²) in [5.41, 5.74) is -0.403. The van der Waals surface area contributed by atoms with Gasteiger partial charge in [0.2, 0.25) is 5.28 Å². The summed E-state index contributed by atoms with van der Waals surface area (Å²) in [6.45, 7) is 3.85. The van der Waals surface area contributed by atoms with Crippen LogP contribution in [-0.2, 0) is 15.1 Å². The zero-order valence-electron chi connectivity index (χ0n) is 7.83. The summed E-state index contributed by atoms with van der Waals surface area (Å²) in [7, 11) is 0. The van der Waals surface area contributed by atoms with Crippen molar-refractivity contribution in [3.05, 3.63) is 10.3 Å². The fourth-order valence-corrected chi connectivity index (χ4v) is 2.51. The zero-order chi connectivity index (χ0) is 10.0. The Kier molecular flexibility index (Phi) is 3.02. The van der Waals surface area contributed by atoms with Gasteiger partial charge in [-0.3, -0.25) is 0 Å². The van der Waals surface area contributed by atoms with Gasteiger partial charge in [0.25, 0.3) is 0 Å². The molecule has 0 N–H and O–H groups in total. The third kappa shape index (κ3) is 1.77. The van der Waals surface area contributed by atoms with Crippen LogP contribution in [-0.4, -0.2) is 29.2 Å². The molecular weight excluding hydrogens is 224 g/mol. The van der Waals surface area contributed by atoms with Crippen LogP contribution in [0.1, 0.15) is 18.4 Å². The SMILES string of the molecule is CCOC1(c2nc(Cl)ns2)CCOC1. The van der Waals surface area contributed by atoms with Gasteiger partial charge in [-0.05, 0) is 30.1 Å². The van der Waals surface area contributed by atoms with E-state index in [-0.39, 0.29) is 5.28 Å².